The van der Waals surface area contributed by atoms with E-state index < -0.39 is 35.9 Å². The van der Waals surface area contributed by atoms with E-state index in [-0.39, 0.29) is 16.8 Å². The molecule has 0 aromatic heterocycles. The Balaban J connectivity index is 3.20. The van der Waals surface area contributed by atoms with Gasteiger partial charge in [0.05, 0.1) is 4.92 Å². The highest BCUT2D eigenvalue weighted by molar-refractivity contribution is 5.99. The minimum atomic E-state index is -1.38. The number of aliphatic carboxylic acids is 2. The quantitative estimate of drug-likeness (QED) is 0.576. The van der Waals surface area contributed by atoms with Crippen LogP contribution in [0, 0.1) is 17.0 Å². The van der Waals surface area contributed by atoms with Crippen molar-refractivity contribution in [2.45, 2.75) is 6.92 Å². The van der Waals surface area contributed by atoms with Crippen molar-refractivity contribution in [1.29, 1.82) is 0 Å². The Kier molecular flexibility index (Phi) is 4.95. The number of carbonyl (C=O) groups excluding carboxylic acids is 1. The molecule has 0 fully saturated rings. The summed E-state index contributed by atoms with van der Waals surface area (Å²) in [6.45, 7) is -0.286. The molecular formula is C12H12N2O7. The summed E-state index contributed by atoms with van der Waals surface area (Å²) in [5.74, 6) is -3.65. The number of carbonyl (C=O) groups is 3. The van der Waals surface area contributed by atoms with E-state index >= 15 is 0 Å². The van der Waals surface area contributed by atoms with Gasteiger partial charge in [-0.05, 0) is 13.0 Å². The Hall–Kier alpha value is -2.97. The lowest BCUT2D eigenvalue weighted by Crippen LogP contribution is -2.39. The highest BCUT2D eigenvalue weighted by Gasteiger charge is 2.25. The largest absolute Gasteiger partial charge is 0.480 e. The van der Waals surface area contributed by atoms with E-state index in [2.05, 4.69) is 0 Å². The van der Waals surface area contributed by atoms with Crippen LogP contribution < -0.4 is 0 Å². The molecule has 0 radical (unpaired) electrons. The topological polar surface area (TPSA) is 138 Å². The van der Waals surface area contributed by atoms with Crippen molar-refractivity contribution in [3.63, 3.8) is 0 Å². The monoisotopic (exact) mass is 296 g/mol. The molecule has 1 amide bonds. The highest BCUT2D eigenvalue weighted by atomic mass is 16.6. The van der Waals surface area contributed by atoms with Crippen molar-refractivity contribution in [1.82, 2.24) is 4.90 Å². The number of carboxylic acids is 2. The molecule has 9 nitrogen and oxygen atoms in total. The van der Waals surface area contributed by atoms with Crippen LogP contribution in [0.3, 0.4) is 0 Å². The van der Waals surface area contributed by atoms with E-state index in [9.17, 15) is 24.5 Å². The Morgan fingerprint density at radius 1 is 1.19 bits per heavy atom. The van der Waals surface area contributed by atoms with Gasteiger partial charge in [0.1, 0.15) is 13.1 Å². The van der Waals surface area contributed by atoms with E-state index in [1.165, 1.54) is 25.1 Å². The summed E-state index contributed by atoms with van der Waals surface area (Å²) >= 11 is 0. The molecule has 0 unspecified atom stereocenters. The summed E-state index contributed by atoms with van der Waals surface area (Å²) in [7, 11) is 0. The van der Waals surface area contributed by atoms with Gasteiger partial charge >= 0.3 is 11.9 Å². The van der Waals surface area contributed by atoms with Crippen LogP contribution in [0.2, 0.25) is 0 Å². The molecule has 21 heavy (non-hydrogen) atoms. The van der Waals surface area contributed by atoms with Gasteiger partial charge in [0.2, 0.25) is 0 Å². The van der Waals surface area contributed by atoms with Gasteiger partial charge in [-0.3, -0.25) is 24.5 Å². The summed E-state index contributed by atoms with van der Waals surface area (Å²) < 4.78 is 0. The highest BCUT2D eigenvalue weighted by Crippen LogP contribution is 2.22. The predicted molar refractivity (Wildman–Crippen MR) is 69.0 cm³/mol. The average molecular weight is 296 g/mol. The number of amides is 1. The lowest BCUT2D eigenvalue weighted by atomic mass is 10.1. The van der Waals surface area contributed by atoms with Gasteiger partial charge in [-0.1, -0.05) is 6.07 Å². The number of nitrogens with zero attached hydrogens (tertiary/aromatic N) is 2. The molecule has 0 aliphatic rings. The van der Waals surface area contributed by atoms with Crippen molar-refractivity contribution in [3.05, 3.63) is 39.4 Å². The van der Waals surface area contributed by atoms with Gasteiger partial charge in [0.25, 0.3) is 11.6 Å². The Morgan fingerprint density at radius 3 is 2.14 bits per heavy atom. The molecule has 0 heterocycles. The lowest BCUT2D eigenvalue weighted by Gasteiger charge is -2.19. The lowest BCUT2D eigenvalue weighted by molar-refractivity contribution is -0.385. The van der Waals surface area contributed by atoms with Crippen LogP contribution >= 0.6 is 0 Å². The maximum Gasteiger partial charge on any atom is 0.323 e. The van der Waals surface area contributed by atoms with Gasteiger partial charge in [-0.15, -0.1) is 0 Å². The maximum atomic E-state index is 12.2. The molecule has 0 saturated carbocycles. The third-order valence-electron chi connectivity index (χ3n) is 2.67. The number of nitro benzene ring substituents is 1. The smallest absolute Gasteiger partial charge is 0.323 e. The molecule has 2 N–H and O–H groups in total. The second-order valence-electron chi connectivity index (χ2n) is 4.16. The summed E-state index contributed by atoms with van der Waals surface area (Å²) in [6.07, 6.45) is 0. The second-order valence-corrected chi connectivity index (χ2v) is 4.16. The first-order valence-electron chi connectivity index (χ1n) is 5.71. The first-order chi connectivity index (χ1) is 9.73. The zero-order valence-corrected chi connectivity index (χ0v) is 11.0. The standard InChI is InChI=1S/C12H12N2O7/c1-7-8(3-2-4-9(7)14(20)21)12(19)13(5-10(15)16)6-11(17)18/h2-4H,5-6H2,1H3,(H,15,16)(H,17,18). The van der Waals surface area contributed by atoms with Crippen LogP contribution in [-0.4, -0.2) is 51.0 Å². The van der Waals surface area contributed by atoms with E-state index in [1.807, 2.05) is 0 Å². The van der Waals surface area contributed by atoms with E-state index in [4.69, 9.17) is 10.2 Å². The van der Waals surface area contributed by atoms with Gasteiger partial charge < -0.3 is 15.1 Å². The van der Waals surface area contributed by atoms with Crippen molar-refractivity contribution in [3.8, 4) is 0 Å². The van der Waals surface area contributed by atoms with Gasteiger partial charge in [0.15, 0.2) is 0 Å². The maximum absolute atomic E-state index is 12.2. The molecule has 112 valence electrons. The fourth-order valence-corrected chi connectivity index (χ4v) is 1.75. The number of benzene rings is 1. The van der Waals surface area contributed by atoms with Gasteiger partial charge in [-0.2, -0.15) is 0 Å². The summed E-state index contributed by atoms with van der Waals surface area (Å²) in [4.78, 5) is 44.3. The van der Waals surface area contributed by atoms with E-state index in [0.717, 1.165) is 0 Å². The van der Waals surface area contributed by atoms with Crippen LogP contribution in [0.5, 0.6) is 0 Å². The average Bonchev–Trinajstić information content (AvgIpc) is 2.36. The number of hydrogen-bond donors (Lipinski definition) is 2. The number of nitro groups is 1. The Bertz CT molecular complexity index is 596. The third kappa shape index (κ3) is 4.00. The molecule has 1 aromatic carbocycles. The first-order valence-corrected chi connectivity index (χ1v) is 5.71. The second kappa shape index (κ2) is 6.46. The fourth-order valence-electron chi connectivity index (χ4n) is 1.75. The molecule has 0 aliphatic carbocycles. The molecule has 1 rings (SSSR count). The SMILES string of the molecule is Cc1c(C(=O)N(CC(=O)O)CC(=O)O)cccc1[N+](=O)[O-]. The van der Waals surface area contributed by atoms with Crippen LogP contribution in [-0.2, 0) is 9.59 Å². The minimum Gasteiger partial charge on any atom is -0.480 e. The predicted octanol–water partition coefficient (Wildman–Crippen LogP) is 0.515. The number of hydrogen-bond acceptors (Lipinski definition) is 5. The van der Waals surface area contributed by atoms with E-state index in [0.29, 0.717) is 4.90 Å². The van der Waals surface area contributed by atoms with Crippen LogP contribution in [0.15, 0.2) is 18.2 Å². The minimum absolute atomic E-state index is 0.0493. The molecule has 0 aliphatic heterocycles. The Labute approximate surface area is 118 Å². The third-order valence-corrected chi connectivity index (χ3v) is 2.67. The zero-order chi connectivity index (χ0) is 16.2. The van der Waals surface area contributed by atoms with Gasteiger partial charge in [-0.25, -0.2) is 0 Å². The van der Waals surface area contributed by atoms with Crippen molar-refractivity contribution >= 4 is 23.5 Å². The molecule has 9 heteroatoms. The summed E-state index contributed by atoms with van der Waals surface area (Å²) in [6, 6.07) is 3.75. The molecule has 0 atom stereocenters. The molecule has 0 spiro atoms. The first kappa shape index (κ1) is 16.1. The number of carboxylic acid groups (broad SMARTS) is 2. The summed E-state index contributed by atoms with van der Waals surface area (Å²) in [5.41, 5.74) is -0.355. The van der Waals surface area contributed by atoms with Crippen LogP contribution in [0.1, 0.15) is 15.9 Å². The van der Waals surface area contributed by atoms with Crippen molar-refractivity contribution in [2.24, 2.45) is 0 Å². The Morgan fingerprint density at radius 2 is 1.71 bits per heavy atom. The molecule has 0 bridgehead atoms. The van der Waals surface area contributed by atoms with Crippen molar-refractivity contribution < 1.29 is 29.5 Å². The van der Waals surface area contributed by atoms with Crippen LogP contribution in [0.4, 0.5) is 5.69 Å². The fraction of sp³-hybridized carbons (Fsp3) is 0.250. The number of rotatable bonds is 6. The van der Waals surface area contributed by atoms with Gasteiger partial charge in [0, 0.05) is 17.2 Å². The van der Waals surface area contributed by atoms with Crippen molar-refractivity contribution in [2.75, 3.05) is 13.1 Å². The molecule has 0 saturated heterocycles. The molecule has 1 aromatic rings. The molecular weight excluding hydrogens is 284 g/mol. The van der Waals surface area contributed by atoms with E-state index in [1.54, 1.807) is 0 Å². The summed E-state index contributed by atoms with van der Waals surface area (Å²) in [5, 5.41) is 28.2. The zero-order valence-electron chi connectivity index (χ0n) is 11.0. The normalized spacial score (nSPS) is 9.95. The van der Waals surface area contributed by atoms with Crippen LogP contribution in [0.25, 0.3) is 0 Å².